The molecule has 0 amide bonds. The number of hydrogen-bond donors (Lipinski definition) is 1. The largest absolute Gasteiger partial charge is 0.337 e. The van der Waals surface area contributed by atoms with Crippen molar-refractivity contribution in [2.45, 2.75) is 0 Å². The third kappa shape index (κ3) is 3.90. The minimum atomic E-state index is -1.35. The molecule has 1 heterocycles. The van der Waals surface area contributed by atoms with Gasteiger partial charge < -0.3 is 9.55 Å². The van der Waals surface area contributed by atoms with Gasteiger partial charge in [-0.15, -0.1) is 0 Å². The minimum Gasteiger partial charge on any atom is -0.337 e. The fourth-order valence-corrected chi connectivity index (χ4v) is 2.04. The molecule has 9 heteroatoms. The Bertz CT molecular complexity index is 548. The second kappa shape index (κ2) is 7.02. The van der Waals surface area contributed by atoms with Crippen molar-refractivity contribution in [3.8, 4) is 0 Å². The maximum absolute atomic E-state index is 12.6. The monoisotopic (exact) mass is 516 g/mol. The molecule has 2 aromatic rings. The maximum Gasteiger partial charge on any atom is 0.176 e. The molecule has 0 saturated carbocycles. The van der Waals surface area contributed by atoms with Crippen molar-refractivity contribution in [1.82, 2.24) is 9.55 Å². The van der Waals surface area contributed by atoms with Crippen LogP contribution in [-0.4, -0.2) is 9.55 Å². The number of nitrogens with one attached hydrogen (secondary N) is 1. The molecule has 104 valence electrons. The van der Waals surface area contributed by atoms with E-state index >= 15 is 0 Å². The standard InChI is InChI=1S/C6F4I2.C4H6N2S/c7-1-2(8)6(12)4(10)3(9)5(1)11;1-6-3-2-5-4(6)7/h;2-3H,1H3,(H,5,7). The Labute approximate surface area is 138 Å². The third-order valence-electron chi connectivity index (χ3n) is 1.98. The molecule has 0 bridgehead atoms. The fraction of sp³-hybridized carbons (Fsp3) is 0.100. The Morgan fingerprint density at radius 3 is 1.53 bits per heavy atom. The van der Waals surface area contributed by atoms with Gasteiger partial charge in [-0.3, -0.25) is 0 Å². The molecule has 0 aliphatic heterocycles. The molecule has 2 rings (SSSR count). The highest BCUT2D eigenvalue weighted by Gasteiger charge is 2.21. The Balaban J connectivity index is 0.000000218. The van der Waals surface area contributed by atoms with Gasteiger partial charge in [0.2, 0.25) is 0 Å². The number of benzene rings is 1. The zero-order valence-corrected chi connectivity index (χ0v) is 14.4. The van der Waals surface area contributed by atoms with E-state index in [4.69, 9.17) is 12.2 Å². The molecule has 0 aliphatic rings. The summed E-state index contributed by atoms with van der Waals surface area (Å²) in [7, 11) is 1.90. The van der Waals surface area contributed by atoms with Crippen molar-refractivity contribution in [2.75, 3.05) is 0 Å². The summed E-state index contributed by atoms with van der Waals surface area (Å²) in [6.07, 6.45) is 3.69. The molecule has 0 fully saturated rings. The third-order valence-corrected chi connectivity index (χ3v) is 4.28. The number of halogens is 6. The van der Waals surface area contributed by atoms with E-state index in [1.165, 1.54) is 45.2 Å². The summed E-state index contributed by atoms with van der Waals surface area (Å²) in [5.41, 5.74) is 0. The number of nitrogens with zero attached hydrogens (tertiary/aromatic N) is 1. The minimum absolute atomic E-state index is 0.664. The van der Waals surface area contributed by atoms with Crippen LogP contribution in [0.1, 0.15) is 0 Å². The molecule has 0 radical (unpaired) electrons. The number of rotatable bonds is 0. The molecule has 1 aromatic carbocycles. The lowest BCUT2D eigenvalue weighted by Gasteiger charge is -2.02. The van der Waals surface area contributed by atoms with Crippen LogP contribution in [-0.2, 0) is 7.05 Å². The van der Waals surface area contributed by atoms with Crippen LogP contribution in [0.2, 0.25) is 0 Å². The summed E-state index contributed by atoms with van der Waals surface area (Å²) in [6.45, 7) is 0. The number of imidazole rings is 1. The first-order valence-corrected chi connectivity index (χ1v) is 7.20. The van der Waals surface area contributed by atoms with Crippen molar-refractivity contribution in [2.24, 2.45) is 7.05 Å². The highest BCUT2D eigenvalue weighted by atomic mass is 127. The summed E-state index contributed by atoms with van der Waals surface area (Å²) in [4.78, 5) is 2.85. The van der Waals surface area contributed by atoms with Crippen LogP contribution in [0, 0.1) is 35.2 Å². The van der Waals surface area contributed by atoms with E-state index in [1.807, 2.05) is 24.0 Å². The van der Waals surface area contributed by atoms with Gasteiger partial charge in [-0.1, -0.05) is 0 Å². The van der Waals surface area contributed by atoms with Gasteiger partial charge >= 0.3 is 0 Å². The second-order valence-corrected chi connectivity index (χ2v) is 5.80. The van der Waals surface area contributed by atoms with Gasteiger partial charge in [0.15, 0.2) is 28.0 Å². The van der Waals surface area contributed by atoms with Crippen LogP contribution >= 0.6 is 57.4 Å². The second-order valence-electron chi connectivity index (χ2n) is 3.26. The van der Waals surface area contributed by atoms with Gasteiger partial charge in [0.05, 0.1) is 7.14 Å². The molecule has 0 aliphatic carbocycles. The average molecular weight is 516 g/mol. The first kappa shape index (κ1) is 16.9. The van der Waals surface area contributed by atoms with Crippen LogP contribution in [0.5, 0.6) is 0 Å². The van der Waals surface area contributed by atoms with Gasteiger partial charge in [0.1, 0.15) is 0 Å². The number of aromatic amines is 1. The molecule has 2 nitrogen and oxygen atoms in total. The maximum atomic E-state index is 12.6. The van der Waals surface area contributed by atoms with Gasteiger partial charge in [0, 0.05) is 19.4 Å². The number of H-pyrrole nitrogens is 1. The zero-order chi connectivity index (χ0) is 14.7. The lowest BCUT2D eigenvalue weighted by Crippen LogP contribution is -2.02. The number of aromatic nitrogens is 2. The number of aryl methyl sites for hydroxylation is 1. The van der Waals surface area contributed by atoms with Crippen LogP contribution in [0.3, 0.4) is 0 Å². The highest BCUT2D eigenvalue weighted by Crippen LogP contribution is 2.25. The zero-order valence-electron chi connectivity index (χ0n) is 9.28. The smallest absolute Gasteiger partial charge is 0.176 e. The topological polar surface area (TPSA) is 20.7 Å². The van der Waals surface area contributed by atoms with E-state index < -0.39 is 30.4 Å². The summed E-state index contributed by atoms with van der Waals surface area (Å²) in [5, 5.41) is 0. The molecular weight excluding hydrogens is 510 g/mol. The van der Waals surface area contributed by atoms with Crippen molar-refractivity contribution in [3.63, 3.8) is 0 Å². The van der Waals surface area contributed by atoms with Crippen LogP contribution < -0.4 is 0 Å². The SMILES string of the molecule is Cn1cc[nH]c1=S.Fc1c(F)c(I)c(F)c(F)c1I. The first-order chi connectivity index (χ1) is 8.77. The predicted molar refractivity (Wildman–Crippen MR) is 82.3 cm³/mol. The van der Waals surface area contributed by atoms with Gasteiger partial charge in [-0.25, -0.2) is 17.6 Å². The van der Waals surface area contributed by atoms with Gasteiger partial charge in [-0.2, -0.15) is 0 Å². The van der Waals surface area contributed by atoms with Crippen LogP contribution in [0.15, 0.2) is 12.4 Å². The highest BCUT2D eigenvalue weighted by molar-refractivity contribution is 14.1. The normalized spacial score (nSPS) is 10.1. The van der Waals surface area contributed by atoms with Crippen molar-refractivity contribution in [1.29, 1.82) is 0 Å². The molecule has 0 atom stereocenters. The summed E-state index contributed by atoms with van der Waals surface area (Å²) in [6, 6.07) is 0. The van der Waals surface area contributed by atoms with Crippen LogP contribution in [0.4, 0.5) is 17.6 Å². The number of hydrogen-bond acceptors (Lipinski definition) is 1. The molecule has 19 heavy (non-hydrogen) atoms. The molecule has 0 saturated heterocycles. The quantitative estimate of drug-likeness (QED) is 0.180. The summed E-state index contributed by atoms with van der Waals surface area (Å²) in [5.74, 6) is -5.39. The Morgan fingerprint density at radius 1 is 1.00 bits per heavy atom. The van der Waals surface area contributed by atoms with E-state index in [1.54, 1.807) is 0 Å². The fourth-order valence-electron chi connectivity index (χ4n) is 0.968. The Hall–Kier alpha value is -0.170. The molecule has 1 N–H and O–H groups in total. The van der Waals surface area contributed by atoms with E-state index in [0.717, 1.165) is 4.77 Å². The van der Waals surface area contributed by atoms with Crippen molar-refractivity contribution < 1.29 is 17.6 Å². The Morgan fingerprint density at radius 2 is 1.37 bits per heavy atom. The van der Waals surface area contributed by atoms with Crippen LogP contribution in [0.25, 0.3) is 0 Å². The average Bonchev–Trinajstić information content (AvgIpc) is 2.77. The van der Waals surface area contributed by atoms with Gasteiger partial charge in [-0.05, 0) is 57.4 Å². The summed E-state index contributed by atoms with van der Waals surface area (Å²) >= 11 is 7.20. The van der Waals surface area contributed by atoms with E-state index in [-0.39, 0.29) is 0 Å². The molecule has 0 unspecified atom stereocenters. The molecule has 0 spiro atoms. The van der Waals surface area contributed by atoms with Gasteiger partial charge in [0.25, 0.3) is 0 Å². The van der Waals surface area contributed by atoms with E-state index in [0.29, 0.717) is 0 Å². The molecule has 1 aromatic heterocycles. The van der Waals surface area contributed by atoms with Crippen molar-refractivity contribution >= 4 is 57.4 Å². The first-order valence-electron chi connectivity index (χ1n) is 4.64. The predicted octanol–water partition coefficient (Wildman–Crippen LogP) is 4.53. The van der Waals surface area contributed by atoms with Crippen molar-refractivity contribution in [3.05, 3.63) is 47.6 Å². The lowest BCUT2D eigenvalue weighted by molar-refractivity contribution is 0.437. The summed E-state index contributed by atoms with van der Waals surface area (Å²) < 4.78 is 51.8. The molecular formula is C10H6F4I2N2S. The Kier molecular flexibility index (Phi) is 6.23. The van der Waals surface area contributed by atoms with E-state index in [9.17, 15) is 17.6 Å². The van der Waals surface area contributed by atoms with E-state index in [2.05, 4.69) is 4.98 Å². The lowest BCUT2D eigenvalue weighted by atomic mass is 10.3.